The Morgan fingerprint density at radius 1 is 1.43 bits per heavy atom. The summed E-state index contributed by atoms with van der Waals surface area (Å²) in [6, 6.07) is 0. The van der Waals surface area contributed by atoms with Crippen LogP contribution in [0, 0.1) is 0 Å². The number of piperidine rings is 1. The second kappa shape index (κ2) is 7.07. The molecule has 4 nitrogen and oxygen atoms in total. The van der Waals surface area contributed by atoms with E-state index in [1.165, 1.54) is 23.4 Å². The first-order valence-electron chi connectivity index (χ1n) is 7.97. The van der Waals surface area contributed by atoms with Crippen molar-refractivity contribution in [2.45, 2.75) is 58.6 Å². The van der Waals surface area contributed by atoms with Crippen LogP contribution in [0.4, 0.5) is 5.13 Å². The number of anilines is 1. The van der Waals surface area contributed by atoms with Gasteiger partial charge in [0.05, 0.1) is 11.8 Å². The Balaban J connectivity index is 2.19. The van der Waals surface area contributed by atoms with E-state index >= 15 is 0 Å². The van der Waals surface area contributed by atoms with Gasteiger partial charge in [-0.1, -0.05) is 20.8 Å². The normalized spacial score (nSPS) is 20.0. The highest BCUT2D eigenvalue weighted by Gasteiger charge is 2.27. The Hall–Kier alpha value is -0.650. The molecule has 2 heterocycles. The lowest BCUT2D eigenvalue weighted by atomic mass is 9.91. The van der Waals surface area contributed by atoms with E-state index in [9.17, 15) is 0 Å². The number of hydrogen-bond donors (Lipinski definition) is 1. The molecule has 1 atom stereocenters. The standard InChI is InChI=1S/C16H29N3OS/c1-6-20-12-8-7-9-19(11-12)15-18-14(16(2,3)4)13(21-15)10-17-5/h12,17H,6-11H2,1-5H3. The molecule has 1 N–H and O–H groups in total. The molecule has 0 aromatic carbocycles. The van der Waals surface area contributed by atoms with E-state index < -0.39 is 0 Å². The molecule has 1 aromatic rings. The van der Waals surface area contributed by atoms with Crippen LogP contribution < -0.4 is 10.2 Å². The number of ether oxygens (including phenoxy) is 1. The first-order valence-corrected chi connectivity index (χ1v) is 8.78. The van der Waals surface area contributed by atoms with Crippen LogP contribution in [0.1, 0.15) is 51.1 Å². The lowest BCUT2D eigenvalue weighted by Crippen LogP contribution is -2.39. The van der Waals surface area contributed by atoms with Gasteiger partial charge in [-0.15, -0.1) is 11.3 Å². The maximum absolute atomic E-state index is 5.81. The molecule has 0 radical (unpaired) electrons. The van der Waals surface area contributed by atoms with Crippen molar-refractivity contribution >= 4 is 16.5 Å². The molecule has 1 aliphatic heterocycles. The van der Waals surface area contributed by atoms with E-state index in [2.05, 4.69) is 37.9 Å². The van der Waals surface area contributed by atoms with Gasteiger partial charge in [0.1, 0.15) is 0 Å². The van der Waals surface area contributed by atoms with Crippen molar-refractivity contribution in [1.29, 1.82) is 0 Å². The van der Waals surface area contributed by atoms with Gasteiger partial charge in [0.25, 0.3) is 0 Å². The van der Waals surface area contributed by atoms with Crippen LogP contribution in [-0.4, -0.2) is 37.8 Å². The van der Waals surface area contributed by atoms with Crippen LogP contribution in [-0.2, 0) is 16.7 Å². The Labute approximate surface area is 132 Å². The van der Waals surface area contributed by atoms with E-state index in [-0.39, 0.29) is 5.41 Å². The van der Waals surface area contributed by atoms with Gasteiger partial charge >= 0.3 is 0 Å². The molecule has 0 spiro atoms. The molecule has 1 aliphatic rings. The summed E-state index contributed by atoms with van der Waals surface area (Å²) in [7, 11) is 2.00. The van der Waals surface area contributed by atoms with Crippen molar-refractivity contribution < 1.29 is 4.74 Å². The maximum Gasteiger partial charge on any atom is 0.185 e. The Kier molecular flexibility index (Phi) is 5.63. The number of rotatable bonds is 5. The van der Waals surface area contributed by atoms with Crippen LogP contribution in [0.2, 0.25) is 0 Å². The summed E-state index contributed by atoms with van der Waals surface area (Å²) < 4.78 is 5.81. The van der Waals surface area contributed by atoms with E-state index in [0.29, 0.717) is 6.10 Å². The summed E-state index contributed by atoms with van der Waals surface area (Å²) in [5.74, 6) is 0. The molecule has 5 heteroatoms. The minimum Gasteiger partial charge on any atom is -0.377 e. The second-order valence-electron chi connectivity index (χ2n) is 6.71. The van der Waals surface area contributed by atoms with E-state index in [1.54, 1.807) is 0 Å². The lowest BCUT2D eigenvalue weighted by molar-refractivity contribution is 0.0526. The number of hydrogen-bond acceptors (Lipinski definition) is 5. The van der Waals surface area contributed by atoms with E-state index in [1.807, 2.05) is 18.4 Å². The van der Waals surface area contributed by atoms with Crippen molar-refractivity contribution in [3.05, 3.63) is 10.6 Å². The molecule has 21 heavy (non-hydrogen) atoms. The average molecular weight is 311 g/mol. The average Bonchev–Trinajstić information content (AvgIpc) is 2.84. The van der Waals surface area contributed by atoms with Gasteiger partial charge < -0.3 is 15.0 Å². The molecule has 1 unspecified atom stereocenters. The molecule has 0 saturated carbocycles. The number of nitrogens with zero attached hydrogens (tertiary/aromatic N) is 2. The second-order valence-corrected chi connectivity index (χ2v) is 7.78. The monoisotopic (exact) mass is 311 g/mol. The molecule has 0 bridgehead atoms. The highest BCUT2D eigenvalue weighted by Crippen LogP contribution is 2.35. The first kappa shape index (κ1) is 16.7. The summed E-state index contributed by atoms with van der Waals surface area (Å²) in [5.41, 5.74) is 1.33. The van der Waals surface area contributed by atoms with Gasteiger partial charge in [-0.2, -0.15) is 0 Å². The van der Waals surface area contributed by atoms with Crippen LogP contribution in [0.15, 0.2) is 0 Å². The summed E-state index contributed by atoms with van der Waals surface area (Å²) in [5, 5.41) is 4.43. The maximum atomic E-state index is 5.81. The van der Waals surface area contributed by atoms with Crippen molar-refractivity contribution in [3.8, 4) is 0 Å². The molecule has 1 aromatic heterocycles. The zero-order valence-corrected chi connectivity index (χ0v) is 14.8. The Morgan fingerprint density at radius 3 is 2.81 bits per heavy atom. The Morgan fingerprint density at radius 2 is 2.19 bits per heavy atom. The van der Waals surface area contributed by atoms with Gasteiger partial charge in [-0.05, 0) is 26.8 Å². The fourth-order valence-corrected chi connectivity index (χ4v) is 4.14. The van der Waals surface area contributed by atoms with Crippen LogP contribution in [0.25, 0.3) is 0 Å². The van der Waals surface area contributed by atoms with Crippen LogP contribution >= 0.6 is 11.3 Å². The molecule has 2 rings (SSSR count). The summed E-state index contributed by atoms with van der Waals surface area (Å²) in [6.45, 7) is 12.6. The van der Waals surface area contributed by atoms with E-state index in [4.69, 9.17) is 9.72 Å². The number of nitrogens with one attached hydrogen (secondary N) is 1. The third kappa shape index (κ3) is 4.18. The largest absolute Gasteiger partial charge is 0.377 e. The predicted octanol–water partition coefficient (Wildman–Crippen LogP) is 3.17. The van der Waals surface area contributed by atoms with Gasteiger partial charge in [0.2, 0.25) is 0 Å². The summed E-state index contributed by atoms with van der Waals surface area (Å²) in [6.07, 6.45) is 2.72. The van der Waals surface area contributed by atoms with Crippen LogP contribution in [0.3, 0.4) is 0 Å². The first-order chi connectivity index (χ1) is 9.95. The molecule has 1 saturated heterocycles. The van der Waals surface area contributed by atoms with Crippen molar-refractivity contribution in [2.75, 3.05) is 31.6 Å². The van der Waals surface area contributed by atoms with E-state index in [0.717, 1.165) is 31.4 Å². The third-order valence-electron chi connectivity index (χ3n) is 3.78. The van der Waals surface area contributed by atoms with Gasteiger partial charge in [0, 0.05) is 36.5 Å². The zero-order chi connectivity index (χ0) is 15.5. The third-order valence-corrected chi connectivity index (χ3v) is 4.90. The molecular weight excluding hydrogens is 282 g/mol. The van der Waals surface area contributed by atoms with Gasteiger partial charge in [-0.25, -0.2) is 4.98 Å². The molecule has 0 amide bonds. The topological polar surface area (TPSA) is 37.4 Å². The highest BCUT2D eigenvalue weighted by molar-refractivity contribution is 7.15. The summed E-state index contributed by atoms with van der Waals surface area (Å²) in [4.78, 5) is 8.73. The number of thiazole rings is 1. The fraction of sp³-hybridized carbons (Fsp3) is 0.812. The van der Waals surface area contributed by atoms with Crippen LogP contribution in [0.5, 0.6) is 0 Å². The number of aromatic nitrogens is 1. The molecule has 120 valence electrons. The quantitative estimate of drug-likeness (QED) is 0.906. The van der Waals surface area contributed by atoms with Gasteiger partial charge in [0.15, 0.2) is 5.13 Å². The van der Waals surface area contributed by atoms with Crippen molar-refractivity contribution in [3.63, 3.8) is 0 Å². The summed E-state index contributed by atoms with van der Waals surface area (Å²) >= 11 is 1.83. The predicted molar refractivity (Wildman–Crippen MR) is 90.4 cm³/mol. The molecule has 1 fully saturated rings. The highest BCUT2D eigenvalue weighted by atomic mass is 32.1. The molecule has 0 aliphatic carbocycles. The van der Waals surface area contributed by atoms with Crippen molar-refractivity contribution in [1.82, 2.24) is 10.3 Å². The fourth-order valence-electron chi connectivity index (χ4n) is 2.82. The Bertz CT molecular complexity index is 451. The molecular formula is C16H29N3OS. The minimum atomic E-state index is 0.0933. The van der Waals surface area contributed by atoms with Crippen molar-refractivity contribution in [2.24, 2.45) is 0 Å². The lowest BCUT2D eigenvalue weighted by Gasteiger charge is -2.32. The smallest absolute Gasteiger partial charge is 0.185 e. The van der Waals surface area contributed by atoms with Gasteiger partial charge in [-0.3, -0.25) is 0 Å². The zero-order valence-electron chi connectivity index (χ0n) is 14.0. The minimum absolute atomic E-state index is 0.0933. The SMILES string of the molecule is CCOC1CCCN(c2nc(C(C)(C)C)c(CNC)s2)C1.